The third-order valence-corrected chi connectivity index (χ3v) is 6.25. The Morgan fingerprint density at radius 2 is 0.914 bits per heavy atom. The molecular weight excluding hydrogens is 429 g/mol. The van der Waals surface area contributed by atoms with Crippen LogP contribution in [0.4, 0.5) is 5.69 Å². The van der Waals surface area contributed by atoms with Gasteiger partial charge < -0.3 is 15.4 Å². The van der Waals surface area contributed by atoms with Crippen molar-refractivity contribution < 1.29 is 10.0 Å². The van der Waals surface area contributed by atoms with Gasteiger partial charge in [0.2, 0.25) is 0 Å². The van der Waals surface area contributed by atoms with Crippen LogP contribution in [0, 0.1) is 0 Å². The van der Waals surface area contributed by atoms with Crippen LogP contribution in [0.5, 0.6) is 0 Å². The van der Waals surface area contributed by atoms with Gasteiger partial charge in [0.1, 0.15) is 0 Å². The number of benzene rings is 5. The van der Waals surface area contributed by atoms with Gasteiger partial charge in [-0.2, -0.15) is 0 Å². The van der Waals surface area contributed by atoms with Gasteiger partial charge in [-0.1, -0.05) is 127 Å². The molecule has 0 heterocycles. The minimum atomic E-state index is -1.49. The van der Waals surface area contributed by atoms with Gasteiger partial charge in [-0.15, -0.1) is 0 Å². The second-order valence-corrected chi connectivity index (χ2v) is 8.44. The summed E-state index contributed by atoms with van der Waals surface area (Å²) in [7, 11) is -1.49. The molecule has 0 atom stereocenters. The Balaban J connectivity index is 0.000000178. The van der Waals surface area contributed by atoms with Gasteiger partial charge in [-0.3, -0.25) is 0 Å². The molecule has 0 unspecified atom stereocenters. The second-order valence-electron chi connectivity index (χ2n) is 8.44. The molecule has 0 saturated carbocycles. The zero-order chi connectivity index (χ0) is 24.0. The fraction of sp³-hybridized carbons (Fsp3) is 0.0323. The van der Waals surface area contributed by atoms with Crippen LogP contribution in [0.3, 0.4) is 0 Å². The average Bonchev–Trinajstić information content (AvgIpc) is 3.24. The smallest absolute Gasteiger partial charge is 0.423 e. The minimum Gasteiger partial charge on any atom is -0.423 e. The summed E-state index contributed by atoms with van der Waals surface area (Å²) in [4.78, 5) is 0. The van der Waals surface area contributed by atoms with E-state index >= 15 is 0 Å². The summed E-state index contributed by atoms with van der Waals surface area (Å²) in [6, 6.07) is 44.7. The van der Waals surface area contributed by atoms with Gasteiger partial charge in [0.05, 0.1) is 6.04 Å². The molecule has 170 valence electrons. The molecule has 35 heavy (non-hydrogen) atoms. The van der Waals surface area contributed by atoms with E-state index in [2.05, 4.69) is 78.1 Å². The van der Waals surface area contributed by atoms with Crippen molar-refractivity contribution in [2.45, 2.75) is 6.04 Å². The van der Waals surface area contributed by atoms with Gasteiger partial charge in [0.15, 0.2) is 0 Å². The van der Waals surface area contributed by atoms with Gasteiger partial charge in [0.25, 0.3) is 0 Å². The van der Waals surface area contributed by atoms with Crippen molar-refractivity contribution in [1.82, 2.24) is 0 Å². The maximum Gasteiger partial charge on any atom is 0.490 e. The molecule has 0 radical (unpaired) electrons. The van der Waals surface area contributed by atoms with Crippen molar-refractivity contribution in [3.05, 3.63) is 145 Å². The largest absolute Gasteiger partial charge is 0.490 e. The predicted octanol–water partition coefficient (Wildman–Crippen LogP) is 5.90. The number of anilines is 1. The maximum absolute atomic E-state index is 9.58. The van der Waals surface area contributed by atoms with Crippen molar-refractivity contribution in [3.63, 3.8) is 0 Å². The maximum atomic E-state index is 9.58. The highest BCUT2D eigenvalue weighted by Gasteiger charge is 2.29. The van der Waals surface area contributed by atoms with Crippen LogP contribution in [-0.2, 0) is 0 Å². The second kappa shape index (κ2) is 10.4. The fourth-order valence-electron chi connectivity index (χ4n) is 4.58. The molecule has 0 spiro atoms. The van der Waals surface area contributed by atoms with Gasteiger partial charge in [0, 0.05) is 11.2 Å². The summed E-state index contributed by atoms with van der Waals surface area (Å²) in [5.74, 6) is 0. The highest BCUT2D eigenvalue weighted by molar-refractivity contribution is 6.60. The standard InChI is InChI=1S/C19H16BNO2.C12H10/c22-20(23)17-11-5-6-12-18(17)21-19-15-9-3-1-7-13(15)14-8-2-4-10-16(14)19;1-3-7-11(8-4-1)12-9-5-2-6-10-12/h1-12,19,21-23H;1-10H. The van der Waals surface area contributed by atoms with Crippen LogP contribution in [-0.4, -0.2) is 17.2 Å². The van der Waals surface area contributed by atoms with Crippen LogP contribution >= 0.6 is 0 Å². The predicted molar refractivity (Wildman–Crippen MR) is 145 cm³/mol. The van der Waals surface area contributed by atoms with E-state index in [-0.39, 0.29) is 6.04 Å². The fourth-order valence-corrected chi connectivity index (χ4v) is 4.58. The Morgan fingerprint density at radius 3 is 1.43 bits per heavy atom. The normalized spacial score (nSPS) is 11.6. The molecule has 1 aliphatic carbocycles. The van der Waals surface area contributed by atoms with E-state index in [1.54, 1.807) is 12.1 Å². The summed E-state index contributed by atoms with van der Waals surface area (Å²) < 4.78 is 0. The Morgan fingerprint density at radius 1 is 0.486 bits per heavy atom. The molecule has 0 bridgehead atoms. The van der Waals surface area contributed by atoms with E-state index in [0.717, 1.165) is 5.69 Å². The number of nitrogens with one attached hydrogen (secondary N) is 1. The Kier molecular flexibility index (Phi) is 6.76. The lowest BCUT2D eigenvalue weighted by molar-refractivity contribution is 0.426. The van der Waals surface area contributed by atoms with Crippen molar-refractivity contribution in [2.24, 2.45) is 0 Å². The first-order valence-corrected chi connectivity index (χ1v) is 11.7. The topological polar surface area (TPSA) is 52.5 Å². The molecule has 0 saturated heterocycles. The van der Waals surface area contributed by atoms with E-state index in [4.69, 9.17) is 0 Å². The first kappa shape index (κ1) is 22.7. The van der Waals surface area contributed by atoms with Crippen molar-refractivity contribution >= 4 is 18.3 Å². The van der Waals surface area contributed by atoms with Crippen LogP contribution < -0.4 is 10.8 Å². The first-order valence-electron chi connectivity index (χ1n) is 11.7. The molecule has 1 aliphatic rings. The summed E-state index contributed by atoms with van der Waals surface area (Å²) in [6.45, 7) is 0. The molecule has 3 nitrogen and oxygen atoms in total. The van der Waals surface area contributed by atoms with E-state index in [0.29, 0.717) is 5.46 Å². The minimum absolute atomic E-state index is 0.00213. The van der Waals surface area contributed by atoms with Gasteiger partial charge in [-0.25, -0.2) is 0 Å². The zero-order valence-corrected chi connectivity index (χ0v) is 19.3. The summed E-state index contributed by atoms with van der Waals surface area (Å²) in [5, 5.41) is 22.7. The van der Waals surface area contributed by atoms with Crippen molar-refractivity contribution in [2.75, 3.05) is 5.32 Å². The molecule has 0 aromatic heterocycles. The lowest BCUT2D eigenvalue weighted by Crippen LogP contribution is -2.32. The third kappa shape index (κ3) is 4.90. The quantitative estimate of drug-likeness (QED) is 0.296. The number of hydrogen-bond acceptors (Lipinski definition) is 3. The molecule has 5 aromatic rings. The van der Waals surface area contributed by atoms with Crippen LogP contribution in [0.25, 0.3) is 22.3 Å². The molecule has 3 N–H and O–H groups in total. The third-order valence-electron chi connectivity index (χ3n) is 6.25. The summed E-state index contributed by atoms with van der Waals surface area (Å²) in [5.41, 5.74) is 8.63. The number of para-hydroxylation sites is 1. The van der Waals surface area contributed by atoms with E-state index in [1.807, 2.05) is 48.5 Å². The molecule has 0 amide bonds. The van der Waals surface area contributed by atoms with Crippen LogP contribution in [0.1, 0.15) is 17.2 Å². The van der Waals surface area contributed by atoms with Crippen LogP contribution in [0.15, 0.2) is 133 Å². The van der Waals surface area contributed by atoms with E-state index in [9.17, 15) is 10.0 Å². The van der Waals surface area contributed by atoms with E-state index in [1.165, 1.54) is 33.4 Å². The monoisotopic (exact) mass is 455 g/mol. The highest BCUT2D eigenvalue weighted by atomic mass is 16.4. The highest BCUT2D eigenvalue weighted by Crippen LogP contribution is 2.44. The molecule has 0 fully saturated rings. The number of rotatable bonds is 4. The SMILES string of the molecule is OB(O)c1ccccc1NC1c2ccccc2-c2ccccc21.c1ccc(-c2ccccc2)cc1. The molecule has 4 heteroatoms. The molecule has 6 rings (SSSR count). The van der Waals surface area contributed by atoms with Gasteiger partial charge >= 0.3 is 7.12 Å². The van der Waals surface area contributed by atoms with E-state index < -0.39 is 7.12 Å². The molecule has 0 aliphatic heterocycles. The molecular formula is C31H26BNO2. The van der Waals surface area contributed by atoms with Crippen molar-refractivity contribution in [1.29, 1.82) is 0 Å². The summed E-state index contributed by atoms with van der Waals surface area (Å²) in [6.07, 6.45) is 0. The van der Waals surface area contributed by atoms with Crippen molar-refractivity contribution in [3.8, 4) is 22.3 Å². The van der Waals surface area contributed by atoms with Crippen LogP contribution in [0.2, 0.25) is 0 Å². The number of hydrogen-bond donors (Lipinski definition) is 3. The lowest BCUT2D eigenvalue weighted by atomic mass is 9.79. The Hall–Kier alpha value is -4.12. The lowest BCUT2D eigenvalue weighted by Gasteiger charge is -2.19. The average molecular weight is 455 g/mol. The molecule has 5 aromatic carbocycles. The number of fused-ring (bicyclic) bond motifs is 3. The first-order chi connectivity index (χ1) is 17.2. The summed E-state index contributed by atoms with van der Waals surface area (Å²) >= 11 is 0. The zero-order valence-electron chi connectivity index (χ0n) is 19.3. The van der Waals surface area contributed by atoms with Gasteiger partial charge in [-0.05, 0) is 39.4 Å². The Bertz CT molecular complexity index is 1320. The Labute approximate surface area is 206 Å².